The van der Waals surface area contributed by atoms with E-state index in [1.54, 1.807) is 6.07 Å². The first-order valence-corrected chi connectivity index (χ1v) is 9.08. The van der Waals surface area contributed by atoms with Crippen molar-refractivity contribution in [3.8, 4) is 28.7 Å². The molecule has 0 saturated carbocycles. The summed E-state index contributed by atoms with van der Waals surface area (Å²) in [5.41, 5.74) is 0. The summed E-state index contributed by atoms with van der Waals surface area (Å²) in [5.74, 6) is 3.35. The SMILES string of the molecule is OC(CNCC1COc2ccccc2O1)COc1cccc2c1OCCO2. The number of hydrogen-bond donors (Lipinski definition) is 2. The summed E-state index contributed by atoms with van der Waals surface area (Å²) < 4.78 is 28.4. The van der Waals surface area contributed by atoms with E-state index in [9.17, 15) is 5.11 Å². The van der Waals surface area contributed by atoms with Gasteiger partial charge in [-0.3, -0.25) is 0 Å². The summed E-state index contributed by atoms with van der Waals surface area (Å²) in [6, 6.07) is 13.1. The van der Waals surface area contributed by atoms with Crippen LogP contribution in [0.4, 0.5) is 0 Å². The Balaban J connectivity index is 1.20. The molecule has 0 saturated heterocycles. The van der Waals surface area contributed by atoms with Crippen LogP contribution in [0.2, 0.25) is 0 Å². The Hall–Kier alpha value is -2.64. The number of nitrogens with one attached hydrogen (secondary N) is 1. The minimum absolute atomic E-state index is 0.0975. The number of rotatable bonds is 7. The molecule has 0 aromatic heterocycles. The van der Waals surface area contributed by atoms with Crippen molar-refractivity contribution in [3.63, 3.8) is 0 Å². The summed E-state index contributed by atoms with van der Waals surface area (Å²) in [7, 11) is 0. The fourth-order valence-corrected chi connectivity index (χ4v) is 2.98. The highest BCUT2D eigenvalue weighted by Gasteiger charge is 2.21. The average Bonchev–Trinajstić information content (AvgIpc) is 2.72. The molecule has 2 aliphatic rings. The Morgan fingerprint density at radius 3 is 2.74 bits per heavy atom. The fourth-order valence-electron chi connectivity index (χ4n) is 2.98. The lowest BCUT2D eigenvalue weighted by Crippen LogP contribution is -2.41. The minimum Gasteiger partial charge on any atom is -0.487 e. The van der Waals surface area contributed by atoms with Gasteiger partial charge in [-0.2, -0.15) is 0 Å². The highest BCUT2D eigenvalue weighted by atomic mass is 16.6. The van der Waals surface area contributed by atoms with Crippen LogP contribution in [-0.2, 0) is 0 Å². The highest BCUT2D eigenvalue weighted by molar-refractivity contribution is 5.51. The normalized spacial score (nSPS) is 18.6. The first-order valence-electron chi connectivity index (χ1n) is 9.08. The topological polar surface area (TPSA) is 78.4 Å². The third kappa shape index (κ3) is 4.37. The molecular weight excluding hydrogens is 350 g/mol. The Labute approximate surface area is 157 Å². The maximum atomic E-state index is 10.2. The second kappa shape index (κ2) is 8.37. The van der Waals surface area contributed by atoms with Crippen molar-refractivity contribution in [1.82, 2.24) is 5.32 Å². The van der Waals surface area contributed by atoms with Gasteiger partial charge in [0, 0.05) is 13.1 Å². The van der Waals surface area contributed by atoms with E-state index in [0.29, 0.717) is 50.2 Å². The molecule has 7 nitrogen and oxygen atoms in total. The molecule has 7 heteroatoms. The van der Waals surface area contributed by atoms with E-state index in [0.717, 1.165) is 11.5 Å². The van der Waals surface area contributed by atoms with E-state index in [1.807, 2.05) is 36.4 Å². The van der Waals surface area contributed by atoms with Crippen molar-refractivity contribution in [2.75, 3.05) is 39.5 Å². The molecule has 2 N–H and O–H groups in total. The second-order valence-corrected chi connectivity index (χ2v) is 6.40. The van der Waals surface area contributed by atoms with E-state index < -0.39 is 6.10 Å². The molecular formula is C20H23NO6. The number of aliphatic hydroxyl groups excluding tert-OH is 1. The van der Waals surface area contributed by atoms with Gasteiger partial charge in [-0.15, -0.1) is 0 Å². The van der Waals surface area contributed by atoms with Gasteiger partial charge in [0.2, 0.25) is 5.75 Å². The Kier molecular flexibility index (Phi) is 5.50. The Bertz CT molecular complexity index is 768. The number of aliphatic hydroxyl groups is 1. The second-order valence-electron chi connectivity index (χ2n) is 6.40. The van der Waals surface area contributed by atoms with Crippen LogP contribution in [0.5, 0.6) is 28.7 Å². The molecule has 0 amide bonds. The fraction of sp³-hybridized carbons (Fsp3) is 0.400. The van der Waals surface area contributed by atoms with E-state index in [4.69, 9.17) is 23.7 Å². The van der Waals surface area contributed by atoms with Gasteiger partial charge in [0.15, 0.2) is 23.0 Å². The molecule has 2 heterocycles. The molecule has 0 bridgehead atoms. The van der Waals surface area contributed by atoms with Gasteiger partial charge in [0.1, 0.15) is 38.6 Å². The molecule has 0 fully saturated rings. The number of hydrogen-bond acceptors (Lipinski definition) is 7. The van der Waals surface area contributed by atoms with Gasteiger partial charge in [0.25, 0.3) is 0 Å². The summed E-state index contributed by atoms with van der Waals surface area (Å²) >= 11 is 0. The smallest absolute Gasteiger partial charge is 0.203 e. The monoisotopic (exact) mass is 373 g/mol. The van der Waals surface area contributed by atoms with Crippen LogP contribution in [0.1, 0.15) is 0 Å². The summed E-state index contributed by atoms with van der Waals surface area (Å²) in [4.78, 5) is 0. The molecule has 2 aliphatic heterocycles. The van der Waals surface area contributed by atoms with E-state index in [2.05, 4.69) is 5.32 Å². The number of benzene rings is 2. The van der Waals surface area contributed by atoms with E-state index in [-0.39, 0.29) is 12.7 Å². The maximum absolute atomic E-state index is 10.2. The molecule has 27 heavy (non-hydrogen) atoms. The van der Waals surface area contributed by atoms with Crippen LogP contribution in [0.15, 0.2) is 42.5 Å². The minimum atomic E-state index is -0.665. The van der Waals surface area contributed by atoms with Crippen LogP contribution < -0.4 is 29.0 Å². The molecule has 144 valence electrons. The molecule has 4 rings (SSSR count). The van der Waals surface area contributed by atoms with Crippen molar-refractivity contribution in [2.45, 2.75) is 12.2 Å². The Morgan fingerprint density at radius 2 is 1.81 bits per heavy atom. The summed E-state index contributed by atoms with van der Waals surface area (Å²) in [6.45, 7) is 2.60. The first kappa shape index (κ1) is 17.8. The molecule has 0 aliphatic carbocycles. The zero-order chi connectivity index (χ0) is 18.5. The molecule has 0 radical (unpaired) electrons. The van der Waals surface area contributed by atoms with Crippen LogP contribution >= 0.6 is 0 Å². The van der Waals surface area contributed by atoms with Crippen LogP contribution in [0, 0.1) is 0 Å². The zero-order valence-corrected chi connectivity index (χ0v) is 14.9. The molecule has 2 aromatic carbocycles. The van der Waals surface area contributed by atoms with Crippen molar-refractivity contribution in [1.29, 1.82) is 0 Å². The standard InChI is InChI=1S/C20H23NO6/c22-14(12-25-19-7-3-6-18-20(19)24-9-8-23-18)10-21-11-15-13-26-16-4-1-2-5-17(16)27-15/h1-7,14-15,21-22H,8-13H2. The highest BCUT2D eigenvalue weighted by Crippen LogP contribution is 2.38. The Morgan fingerprint density at radius 1 is 1.00 bits per heavy atom. The molecule has 0 spiro atoms. The van der Waals surface area contributed by atoms with Gasteiger partial charge in [0.05, 0.1) is 0 Å². The van der Waals surface area contributed by atoms with Crippen LogP contribution in [-0.4, -0.2) is 56.8 Å². The zero-order valence-electron chi connectivity index (χ0n) is 14.9. The summed E-state index contributed by atoms with van der Waals surface area (Å²) in [5, 5.41) is 13.4. The predicted molar refractivity (Wildman–Crippen MR) is 98.2 cm³/mol. The van der Waals surface area contributed by atoms with Gasteiger partial charge in [-0.05, 0) is 24.3 Å². The number of ether oxygens (including phenoxy) is 5. The number of fused-ring (bicyclic) bond motifs is 2. The van der Waals surface area contributed by atoms with Crippen LogP contribution in [0.3, 0.4) is 0 Å². The predicted octanol–water partition coefficient (Wildman–Crippen LogP) is 1.63. The largest absolute Gasteiger partial charge is 0.487 e. The average molecular weight is 373 g/mol. The van der Waals surface area contributed by atoms with Crippen molar-refractivity contribution in [3.05, 3.63) is 42.5 Å². The van der Waals surface area contributed by atoms with E-state index in [1.165, 1.54) is 0 Å². The summed E-state index contributed by atoms with van der Waals surface area (Å²) in [6.07, 6.45) is -0.762. The van der Waals surface area contributed by atoms with E-state index >= 15 is 0 Å². The van der Waals surface area contributed by atoms with Crippen LogP contribution in [0.25, 0.3) is 0 Å². The molecule has 2 aromatic rings. The van der Waals surface area contributed by atoms with Crippen molar-refractivity contribution >= 4 is 0 Å². The lowest BCUT2D eigenvalue weighted by molar-refractivity contribution is 0.0765. The molecule has 2 unspecified atom stereocenters. The molecule has 2 atom stereocenters. The van der Waals surface area contributed by atoms with Crippen molar-refractivity contribution in [2.24, 2.45) is 0 Å². The van der Waals surface area contributed by atoms with Gasteiger partial charge >= 0.3 is 0 Å². The van der Waals surface area contributed by atoms with Crippen molar-refractivity contribution < 1.29 is 28.8 Å². The van der Waals surface area contributed by atoms with Gasteiger partial charge in [-0.25, -0.2) is 0 Å². The maximum Gasteiger partial charge on any atom is 0.203 e. The number of para-hydroxylation sites is 3. The lowest BCUT2D eigenvalue weighted by atomic mass is 10.2. The quantitative estimate of drug-likeness (QED) is 0.764. The lowest BCUT2D eigenvalue weighted by Gasteiger charge is -2.27. The third-order valence-electron chi connectivity index (χ3n) is 4.28. The third-order valence-corrected chi connectivity index (χ3v) is 4.28. The van der Waals surface area contributed by atoms with Gasteiger partial charge in [-0.1, -0.05) is 18.2 Å². The van der Waals surface area contributed by atoms with Gasteiger partial charge < -0.3 is 34.1 Å². The first-order chi connectivity index (χ1) is 13.3.